The van der Waals surface area contributed by atoms with Crippen LogP contribution in [-0.4, -0.2) is 37.7 Å². The molecule has 0 aromatic carbocycles. The summed E-state index contributed by atoms with van der Waals surface area (Å²) in [5, 5.41) is 10.2. The topological polar surface area (TPSA) is 83.5 Å². The van der Waals surface area contributed by atoms with Crippen LogP contribution in [-0.2, 0) is 20.4 Å². The van der Waals surface area contributed by atoms with E-state index in [1.165, 1.54) is 0 Å². The second kappa shape index (κ2) is 7.03. The Bertz CT molecular complexity index is 364. The Morgan fingerprint density at radius 1 is 1.21 bits per heavy atom. The van der Waals surface area contributed by atoms with Crippen LogP contribution in [0, 0.1) is 5.92 Å². The van der Waals surface area contributed by atoms with E-state index in [0.29, 0.717) is 0 Å². The van der Waals surface area contributed by atoms with Crippen molar-refractivity contribution in [3.05, 3.63) is 0 Å². The second-order valence-electron chi connectivity index (χ2n) is 5.46. The maximum absolute atomic E-state index is 12.2. The standard InChI is InChI=1S/C13H23NO4S/c1-8(2)11(13(16)17)19(18)9(3)12(15)14-10-6-4-5-7-10/h8-11H,4-7H2,1-3H3,(H,14,15)(H,16,17). The van der Waals surface area contributed by atoms with Crippen LogP contribution in [0.5, 0.6) is 0 Å². The van der Waals surface area contributed by atoms with E-state index in [9.17, 15) is 13.8 Å². The lowest BCUT2D eigenvalue weighted by Gasteiger charge is -2.21. The molecule has 1 amide bonds. The molecular formula is C13H23NO4S. The van der Waals surface area contributed by atoms with Gasteiger partial charge >= 0.3 is 5.97 Å². The van der Waals surface area contributed by atoms with Crippen LogP contribution < -0.4 is 5.32 Å². The maximum Gasteiger partial charge on any atom is 0.319 e. The Morgan fingerprint density at radius 3 is 2.16 bits per heavy atom. The van der Waals surface area contributed by atoms with Crippen molar-refractivity contribution in [2.75, 3.05) is 0 Å². The molecule has 1 aliphatic carbocycles. The number of hydrogen-bond donors (Lipinski definition) is 2. The van der Waals surface area contributed by atoms with Crippen molar-refractivity contribution in [2.45, 2.75) is 63.0 Å². The van der Waals surface area contributed by atoms with Crippen LogP contribution in [0.25, 0.3) is 0 Å². The number of amides is 1. The number of hydrogen-bond acceptors (Lipinski definition) is 3. The smallest absolute Gasteiger partial charge is 0.319 e. The Kier molecular flexibility index (Phi) is 5.97. The van der Waals surface area contributed by atoms with Gasteiger partial charge in [0.25, 0.3) is 0 Å². The predicted octanol–water partition coefficient (Wildman–Crippen LogP) is 1.29. The van der Waals surface area contributed by atoms with Crippen molar-refractivity contribution < 1.29 is 18.9 Å². The quantitative estimate of drug-likeness (QED) is 0.772. The lowest BCUT2D eigenvalue weighted by molar-refractivity contribution is -0.137. The lowest BCUT2D eigenvalue weighted by atomic mass is 10.1. The van der Waals surface area contributed by atoms with E-state index in [4.69, 9.17) is 5.11 Å². The van der Waals surface area contributed by atoms with Crippen LogP contribution in [0.1, 0.15) is 46.5 Å². The molecule has 6 heteroatoms. The normalized spacial score (nSPS) is 21.1. The molecule has 0 saturated heterocycles. The maximum atomic E-state index is 12.2. The fraction of sp³-hybridized carbons (Fsp3) is 0.846. The zero-order valence-corrected chi connectivity index (χ0v) is 12.5. The zero-order valence-electron chi connectivity index (χ0n) is 11.7. The van der Waals surface area contributed by atoms with Crippen molar-refractivity contribution >= 4 is 22.7 Å². The molecule has 3 atom stereocenters. The number of carbonyl (C=O) groups is 2. The molecule has 1 fully saturated rings. The van der Waals surface area contributed by atoms with Gasteiger partial charge in [-0.15, -0.1) is 0 Å². The Balaban J connectivity index is 2.63. The van der Waals surface area contributed by atoms with Gasteiger partial charge in [-0.25, -0.2) is 0 Å². The molecule has 0 bridgehead atoms. The molecule has 0 spiro atoms. The van der Waals surface area contributed by atoms with E-state index in [1.54, 1.807) is 20.8 Å². The van der Waals surface area contributed by atoms with Crippen LogP contribution in [0.3, 0.4) is 0 Å². The number of nitrogens with one attached hydrogen (secondary N) is 1. The van der Waals surface area contributed by atoms with Crippen molar-refractivity contribution in [2.24, 2.45) is 5.92 Å². The van der Waals surface area contributed by atoms with E-state index < -0.39 is 27.3 Å². The molecule has 2 N–H and O–H groups in total. The Labute approximate surface area is 116 Å². The monoisotopic (exact) mass is 289 g/mol. The molecule has 0 radical (unpaired) electrons. The molecule has 0 aliphatic heterocycles. The summed E-state index contributed by atoms with van der Waals surface area (Å²) in [6, 6.07) is 0.161. The van der Waals surface area contributed by atoms with Gasteiger partial charge in [-0.1, -0.05) is 26.7 Å². The van der Waals surface area contributed by atoms with Gasteiger partial charge in [-0.05, 0) is 25.7 Å². The first-order chi connectivity index (χ1) is 8.84. The minimum Gasteiger partial charge on any atom is -0.480 e. The molecule has 1 saturated carbocycles. The largest absolute Gasteiger partial charge is 0.480 e. The third-order valence-corrected chi connectivity index (χ3v) is 5.68. The van der Waals surface area contributed by atoms with E-state index in [1.807, 2.05) is 0 Å². The first kappa shape index (κ1) is 16.1. The van der Waals surface area contributed by atoms with Gasteiger partial charge in [0, 0.05) is 16.8 Å². The van der Waals surface area contributed by atoms with Gasteiger partial charge < -0.3 is 10.4 Å². The number of rotatable bonds is 6. The summed E-state index contributed by atoms with van der Waals surface area (Å²) in [5.74, 6) is -1.66. The average Bonchev–Trinajstić information content (AvgIpc) is 2.79. The summed E-state index contributed by atoms with van der Waals surface area (Å²) in [5.41, 5.74) is 0. The first-order valence-corrected chi connectivity index (χ1v) is 8.04. The Morgan fingerprint density at radius 2 is 1.74 bits per heavy atom. The van der Waals surface area contributed by atoms with E-state index >= 15 is 0 Å². The highest BCUT2D eigenvalue weighted by molar-refractivity contribution is 7.87. The summed E-state index contributed by atoms with van der Waals surface area (Å²) in [6.07, 6.45) is 4.12. The van der Waals surface area contributed by atoms with Gasteiger partial charge in [0.15, 0.2) is 0 Å². The molecule has 5 nitrogen and oxygen atoms in total. The average molecular weight is 289 g/mol. The van der Waals surface area contributed by atoms with Crippen LogP contribution in [0.2, 0.25) is 0 Å². The molecule has 110 valence electrons. The lowest BCUT2D eigenvalue weighted by Crippen LogP contribution is -2.45. The van der Waals surface area contributed by atoms with Gasteiger partial charge in [0.1, 0.15) is 10.5 Å². The summed E-state index contributed by atoms with van der Waals surface area (Å²) in [4.78, 5) is 23.1. The van der Waals surface area contributed by atoms with Gasteiger partial charge in [0.2, 0.25) is 5.91 Å². The Hall–Kier alpha value is -0.910. The highest BCUT2D eigenvalue weighted by Gasteiger charge is 2.35. The number of carboxylic acids is 1. The molecule has 1 aliphatic rings. The van der Waals surface area contributed by atoms with Gasteiger partial charge in [0.05, 0.1) is 0 Å². The molecule has 0 aromatic heterocycles. The van der Waals surface area contributed by atoms with Crippen molar-refractivity contribution in [3.63, 3.8) is 0 Å². The molecule has 1 rings (SSSR count). The summed E-state index contributed by atoms with van der Waals surface area (Å²) < 4.78 is 12.2. The fourth-order valence-corrected chi connectivity index (χ4v) is 3.82. The SMILES string of the molecule is CC(C)C(C(=O)O)S(=O)C(C)C(=O)NC1CCCC1. The predicted molar refractivity (Wildman–Crippen MR) is 74.3 cm³/mol. The number of carboxylic acid groups (broad SMARTS) is 1. The minimum atomic E-state index is -1.70. The summed E-state index contributed by atoms with van der Waals surface area (Å²) >= 11 is 0. The summed E-state index contributed by atoms with van der Waals surface area (Å²) in [7, 11) is -1.70. The molecule has 0 aromatic rings. The number of carbonyl (C=O) groups excluding carboxylic acids is 1. The first-order valence-electron chi connectivity index (χ1n) is 6.77. The van der Waals surface area contributed by atoms with E-state index in [2.05, 4.69) is 5.32 Å². The minimum absolute atomic E-state index is 0.161. The van der Waals surface area contributed by atoms with Gasteiger partial charge in [-0.2, -0.15) is 0 Å². The van der Waals surface area contributed by atoms with Crippen LogP contribution in [0.15, 0.2) is 0 Å². The van der Waals surface area contributed by atoms with Crippen LogP contribution >= 0.6 is 0 Å². The molecular weight excluding hydrogens is 266 g/mol. The zero-order chi connectivity index (χ0) is 14.6. The van der Waals surface area contributed by atoms with Crippen molar-refractivity contribution in [1.29, 1.82) is 0 Å². The fourth-order valence-electron chi connectivity index (χ4n) is 2.37. The number of aliphatic carboxylic acids is 1. The third kappa shape index (κ3) is 4.30. The highest BCUT2D eigenvalue weighted by atomic mass is 32.2. The summed E-state index contributed by atoms with van der Waals surface area (Å²) in [6.45, 7) is 4.95. The second-order valence-corrected chi connectivity index (χ2v) is 7.34. The van der Waals surface area contributed by atoms with Crippen molar-refractivity contribution in [1.82, 2.24) is 5.32 Å². The molecule has 0 heterocycles. The van der Waals surface area contributed by atoms with E-state index in [-0.39, 0.29) is 17.9 Å². The highest BCUT2D eigenvalue weighted by Crippen LogP contribution is 2.19. The van der Waals surface area contributed by atoms with Crippen molar-refractivity contribution in [3.8, 4) is 0 Å². The molecule has 19 heavy (non-hydrogen) atoms. The van der Waals surface area contributed by atoms with Crippen LogP contribution in [0.4, 0.5) is 0 Å². The van der Waals surface area contributed by atoms with E-state index in [0.717, 1.165) is 25.7 Å². The van der Waals surface area contributed by atoms with Gasteiger partial charge in [-0.3, -0.25) is 13.8 Å². The third-order valence-electron chi connectivity index (χ3n) is 3.52. The molecule has 3 unspecified atom stereocenters.